The SMILES string of the molecule is Fc1ccc(C(c2ccc(C(F)(F)F)cc2)(C(F)(F)F)C(F)(F)F)cc1. The predicted octanol–water partition coefficient (Wildman–Crippen LogP) is 6.26. The van der Waals surface area contributed by atoms with Crippen molar-refractivity contribution in [2.24, 2.45) is 0 Å². The third-order valence-corrected chi connectivity index (χ3v) is 3.77. The number of benzene rings is 2. The van der Waals surface area contributed by atoms with Crippen LogP contribution in [0, 0.1) is 5.82 Å². The number of alkyl halides is 9. The molecule has 0 heterocycles. The number of hydrogen-bond donors (Lipinski definition) is 0. The number of halogens is 10. The van der Waals surface area contributed by atoms with E-state index in [1.165, 1.54) is 0 Å². The van der Waals surface area contributed by atoms with Gasteiger partial charge in [0.2, 0.25) is 5.41 Å². The summed E-state index contributed by atoms with van der Waals surface area (Å²) in [6, 6.07) is 1.91. The average molecular weight is 390 g/mol. The largest absolute Gasteiger partial charge is 0.416 e. The third-order valence-electron chi connectivity index (χ3n) is 3.77. The molecule has 10 heteroatoms. The fraction of sp³-hybridized carbons (Fsp3) is 0.250. The lowest BCUT2D eigenvalue weighted by atomic mass is 9.72. The number of hydrogen-bond acceptors (Lipinski definition) is 0. The molecule has 0 bridgehead atoms. The van der Waals surface area contributed by atoms with E-state index in [1.807, 2.05) is 0 Å². The minimum Gasteiger partial charge on any atom is -0.207 e. The van der Waals surface area contributed by atoms with Crippen molar-refractivity contribution in [3.63, 3.8) is 0 Å². The van der Waals surface area contributed by atoms with Crippen molar-refractivity contribution in [1.82, 2.24) is 0 Å². The van der Waals surface area contributed by atoms with Gasteiger partial charge in [0.15, 0.2) is 0 Å². The molecule has 0 nitrogen and oxygen atoms in total. The Morgan fingerprint density at radius 2 is 0.769 bits per heavy atom. The molecule has 0 aliphatic carbocycles. The molecule has 0 saturated heterocycles. The van der Waals surface area contributed by atoms with Gasteiger partial charge < -0.3 is 0 Å². The normalized spacial score (nSPS) is 13.8. The highest BCUT2D eigenvalue weighted by Gasteiger charge is 2.72. The minimum atomic E-state index is -5.96. The van der Waals surface area contributed by atoms with Crippen molar-refractivity contribution in [3.8, 4) is 0 Å². The van der Waals surface area contributed by atoms with Crippen LogP contribution in [0.3, 0.4) is 0 Å². The molecule has 0 unspecified atom stereocenters. The van der Waals surface area contributed by atoms with Gasteiger partial charge in [0.1, 0.15) is 5.82 Å². The zero-order chi connectivity index (χ0) is 20.0. The molecule has 26 heavy (non-hydrogen) atoms. The summed E-state index contributed by atoms with van der Waals surface area (Å²) >= 11 is 0. The quantitative estimate of drug-likeness (QED) is 0.532. The van der Waals surface area contributed by atoms with Gasteiger partial charge in [0, 0.05) is 0 Å². The van der Waals surface area contributed by atoms with Crippen LogP contribution in [-0.4, -0.2) is 12.4 Å². The molecule has 2 aromatic rings. The maximum atomic E-state index is 13.6. The Balaban J connectivity index is 2.81. The first-order chi connectivity index (χ1) is 11.7. The van der Waals surface area contributed by atoms with Crippen molar-refractivity contribution in [3.05, 3.63) is 71.0 Å². The van der Waals surface area contributed by atoms with Crippen molar-refractivity contribution in [1.29, 1.82) is 0 Å². The lowest BCUT2D eigenvalue weighted by molar-refractivity contribution is -0.288. The minimum absolute atomic E-state index is 0.118. The molecule has 0 fully saturated rings. The molecule has 2 rings (SSSR count). The van der Waals surface area contributed by atoms with Gasteiger partial charge in [-0.3, -0.25) is 0 Å². The Morgan fingerprint density at radius 1 is 0.462 bits per heavy atom. The molecule has 142 valence electrons. The highest BCUT2D eigenvalue weighted by Crippen LogP contribution is 2.56. The molecule has 0 saturated carbocycles. The van der Waals surface area contributed by atoms with E-state index in [0.29, 0.717) is 24.3 Å². The van der Waals surface area contributed by atoms with Gasteiger partial charge in [0.25, 0.3) is 0 Å². The van der Waals surface area contributed by atoms with E-state index in [9.17, 15) is 43.9 Å². The second-order valence-electron chi connectivity index (χ2n) is 5.33. The van der Waals surface area contributed by atoms with E-state index in [1.54, 1.807) is 0 Å². The maximum Gasteiger partial charge on any atom is 0.416 e. The van der Waals surface area contributed by atoms with Gasteiger partial charge in [0.05, 0.1) is 5.56 Å². The molecular weight excluding hydrogens is 382 g/mol. The Labute approximate surface area is 140 Å². The topological polar surface area (TPSA) is 0 Å². The summed E-state index contributed by atoms with van der Waals surface area (Å²) in [6.45, 7) is 0. The Bertz CT molecular complexity index is 734. The van der Waals surface area contributed by atoms with E-state index >= 15 is 0 Å². The predicted molar refractivity (Wildman–Crippen MR) is 70.7 cm³/mol. The van der Waals surface area contributed by atoms with Gasteiger partial charge >= 0.3 is 18.5 Å². The Hall–Kier alpha value is -2.26. The van der Waals surface area contributed by atoms with Crippen molar-refractivity contribution in [2.45, 2.75) is 23.9 Å². The van der Waals surface area contributed by atoms with Crippen LogP contribution < -0.4 is 0 Å². The third kappa shape index (κ3) is 3.24. The van der Waals surface area contributed by atoms with Crippen LogP contribution in [-0.2, 0) is 11.6 Å². The molecule has 0 amide bonds. The molecule has 0 aliphatic rings. The first-order valence-electron chi connectivity index (χ1n) is 6.78. The molecule has 2 aromatic carbocycles. The van der Waals surface area contributed by atoms with Crippen molar-refractivity contribution < 1.29 is 43.9 Å². The van der Waals surface area contributed by atoms with E-state index in [-0.39, 0.29) is 24.3 Å². The molecule has 0 radical (unpaired) electrons. The van der Waals surface area contributed by atoms with Gasteiger partial charge in [-0.25, -0.2) is 4.39 Å². The molecule has 0 atom stereocenters. The van der Waals surface area contributed by atoms with Crippen LogP contribution >= 0.6 is 0 Å². The first-order valence-corrected chi connectivity index (χ1v) is 6.78. The lowest BCUT2D eigenvalue weighted by Crippen LogP contribution is -2.54. The van der Waals surface area contributed by atoms with Crippen LogP contribution in [0.4, 0.5) is 43.9 Å². The van der Waals surface area contributed by atoms with E-state index in [4.69, 9.17) is 0 Å². The lowest BCUT2D eigenvalue weighted by Gasteiger charge is -2.38. The summed E-state index contributed by atoms with van der Waals surface area (Å²) in [7, 11) is 0. The fourth-order valence-electron chi connectivity index (χ4n) is 2.59. The van der Waals surface area contributed by atoms with E-state index in [2.05, 4.69) is 0 Å². The summed E-state index contributed by atoms with van der Waals surface area (Å²) in [5, 5.41) is 0. The maximum absolute atomic E-state index is 13.6. The van der Waals surface area contributed by atoms with Crippen LogP contribution in [0.5, 0.6) is 0 Å². The van der Waals surface area contributed by atoms with E-state index < -0.39 is 46.5 Å². The Kier molecular flexibility index (Phi) is 4.76. The Morgan fingerprint density at radius 3 is 1.08 bits per heavy atom. The van der Waals surface area contributed by atoms with Crippen LogP contribution in [0.25, 0.3) is 0 Å². The zero-order valence-corrected chi connectivity index (χ0v) is 12.4. The fourth-order valence-corrected chi connectivity index (χ4v) is 2.59. The van der Waals surface area contributed by atoms with E-state index in [0.717, 1.165) is 0 Å². The van der Waals surface area contributed by atoms with Crippen LogP contribution in [0.15, 0.2) is 48.5 Å². The first kappa shape index (κ1) is 20.1. The second-order valence-corrected chi connectivity index (χ2v) is 5.33. The summed E-state index contributed by atoms with van der Waals surface area (Å²) in [5.41, 5.74) is -8.84. The van der Waals surface area contributed by atoms with Gasteiger partial charge in [-0.2, -0.15) is 39.5 Å². The van der Waals surface area contributed by atoms with Crippen LogP contribution in [0.2, 0.25) is 0 Å². The monoisotopic (exact) mass is 390 g/mol. The highest BCUT2D eigenvalue weighted by atomic mass is 19.4. The van der Waals surface area contributed by atoms with Gasteiger partial charge in [-0.05, 0) is 35.4 Å². The summed E-state index contributed by atoms with van der Waals surface area (Å²) in [6.07, 6.45) is -16.8. The van der Waals surface area contributed by atoms with Crippen LogP contribution in [0.1, 0.15) is 16.7 Å². The molecule has 0 spiro atoms. The summed E-state index contributed by atoms with van der Waals surface area (Å²) in [4.78, 5) is 0. The molecular formula is C16H8F10. The summed E-state index contributed by atoms with van der Waals surface area (Å²) in [5.74, 6) is -1.07. The second kappa shape index (κ2) is 6.17. The smallest absolute Gasteiger partial charge is 0.207 e. The summed E-state index contributed by atoms with van der Waals surface area (Å²) < 4.78 is 133. The standard InChI is InChI=1S/C16H8F10/c17-12-7-5-10(6-8-12)13(15(21,22)23,16(24,25)26)9-1-3-11(4-2-9)14(18,19)20/h1-8H. The number of rotatable bonds is 2. The van der Waals surface area contributed by atoms with Crippen molar-refractivity contribution >= 4 is 0 Å². The molecule has 0 aliphatic heterocycles. The van der Waals surface area contributed by atoms with Gasteiger partial charge in [-0.15, -0.1) is 0 Å². The van der Waals surface area contributed by atoms with Gasteiger partial charge in [-0.1, -0.05) is 24.3 Å². The van der Waals surface area contributed by atoms with Crippen molar-refractivity contribution in [2.75, 3.05) is 0 Å². The zero-order valence-electron chi connectivity index (χ0n) is 12.4. The highest BCUT2D eigenvalue weighted by molar-refractivity contribution is 5.45. The molecule has 0 aromatic heterocycles. The average Bonchev–Trinajstić information content (AvgIpc) is 2.46. The molecule has 0 N–H and O–H groups in total.